The first-order chi connectivity index (χ1) is 9.58. The first-order valence-electron chi connectivity index (χ1n) is 6.32. The SMILES string of the molecule is C#CCn1c(CCC)nc(-c2ccc(F)cc2Br)c1N. The second-order valence-corrected chi connectivity index (χ2v) is 5.28. The van der Waals surface area contributed by atoms with Crippen molar-refractivity contribution >= 4 is 21.7 Å². The maximum atomic E-state index is 13.2. The number of terminal acetylenes is 1. The van der Waals surface area contributed by atoms with E-state index in [0.29, 0.717) is 22.5 Å². The predicted molar refractivity (Wildman–Crippen MR) is 82.6 cm³/mol. The van der Waals surface area contributed by atoms with Gasteiger partial charge in [-0.2, -0.15) is 0 Å². The van der Waals surface area contributed by atoms with Gasteiger partial charge in [-0.3, -0.25) is 0 Å². The van der Waals surface area contributed by atoms with Crippen molar-refractivity contribution in [2.75, 3.05) is 5.73 Å². The standard InChI is InChI=1S/C15H15BrFN3/c1-3-5-13-19-14(15(18)20(13)8-4-2)11-7-6-10(17)9-12(11)16/h2,6-7,9H,3,5,8,18H2,1H3. The molecule has 2 aromatic rings. The van der Waals surface area contributed by atoms with Crippen LogP contribution >= 0.6 is 15.9 Å². The summed E-state index contributed by atoms with van der Waals surface area (Å²) < 4.78 is 15.6. The molecule has 0 aliphatic rings. The molecule has 104 valence electrons. The molecule has 0 aliphatic heterocycles. The Balaban J connectivity index is 2.57. The number of nitrogens with zero attached hydrogens (tertiary/aromatic N) is 2. The Morgan fingerprint density at radius 3 is 2.85 bits per heavy atom. The second kappa shape index (κ2) is 6.10. The number of benzene rings is 1. The molecule has 0 atom stereocenters. The summed E-state index contributed by atoms with van der Waals surface area (Å²) in [6.45, 7) is 2.45. The van der Waals surface area contributed by atoms with Crippen LogP contribution in [-0.2, 0) is 13.0 Å². The van der Waals surface area contributed by atoms with E-state index in [-0.39, 0.29) is 5.82 Å². The zero-order valence-corrected chi connectivity index (χ0v) is 12.7. The van der Waals surface area contributed by atoms with Gasteiger partial charge in [0.25, 0.3) is 0 Å². The van der Waals surface area contributed by atoms with E-state index in [2.05, 4.69) is 33.8 Å². The van der Waals surface area contributed by atoms with Gasteiger partial charge in [-0.15, -0.1) is 6.42 Å². The van der Waals surface area contributed by atoms with Gasteiger partial charge in [0.15, 0.2) is 0 Å². The lowest BCUT2D eigenvalue weighted by Gasteiger charge is -2.05. The van der Waals surface area contributed by atoms with Crippen LogP contribution in [0.3, 0.4) is 0 Å². The van der Waals surface area contributed by atoms with Crippen LogP contribution < -0.4 is 5.73 Å². The predicted octanol–water partition coefficient (Wildman–Crippen LogP) is 3.62. The van der Waals surface area contributed by atoms with Crippen LogP contribution in [0, 0.1) is 18.2 Å². The van der Waals surface area contributed by atoms with Crippen molar-refractivity contribution in [2.45, 2.75) is 26.3 Å². The van der Waals surface area contributed by atoms with Crippen molar-refractivity contribution in [3.8, 4) is 23.6 Å². The number of rotatable bonds is 4. The van der Waals surface area contributed by atoms with Crippen molar-refractivity contribution in [2.24, 2.45) is 0 Å². The molecule has 1 aromatic heterocycles. The van der Waals surface area contributed by atoms with Gasteiger partial charge in [-0.1, -0.05) is 12.8 Å². The monoisotopic (exact) mass is 335 g/mol. The van der Waals surface area contributed by atoms with Crippen molar-refractivity contribution in [3.05, 3.63) is 34.3 Å². The summed E-state index contributed by atoms with van der Waals surface area (Å²) in [4.78, 5) is 4.57. The van der Waals surface area contributed by atoms with Crippen LogP contribution in [0.1, 0.15) is 19.2 Å². The van der Waals surface area contributed by atoms with E-state index in [1.165, 1.54) is 12.1 Å². The molecule has 0 unspecified atom stereocenters. The number of aryl methyl sites for hydroxylation is 1. The molecule has 0 saturated carbocycles. The Hall–Kier alpha value is -1.80. The van der Waals surface area contributed by atoms with E-state index in [1.54, 1.807) is 6.07 Å². The quantitative estimate of drug-likeness (QED) is 0.867. The molecular weight excluding hydrogens is 321 g/mol. The fraction of sp³-hybridized carbons (Fsp3) is 0.267. The Morgan fingerprint density at radius 2 is 2.25 bits per heavy atom. The van der Waals surface area contributed by atoms with E-state index >= 15 is 0 Å². The molecule has 2 rings (SSSR count). The number of hydrogen-bond donors (Lipinski definition) is 1. The fourth-order valence-electron chi connectivity index (χ4n) is 2.08. The summed E-state index contributed by atoms with van der Waals surface area (Å²) in [5.41, 5.74) is 7.55. The van der Waals surface area contributed by atoms with Gasteiger partial charge in [0.1, 0.15) is 23.2 Å². The van der Waals surface area contributed by atoms with Gasteiger partial charge in [0.05, 0.1) is 6.54 Å². The number of aromatic nitrogens is 2. The molecule has 3 nitrogen and oxygen atoms in total. The molecule has 1 heterocycles. The highest BCUT2D eigenvalue weighted by Crippen LogP contribution is 2.33. The summed E-state index contributed by atoms with van der Waals surface area (Å²) in [5, 5.41) is 0. The number of nitrogens with two attached hydrogens (primary N) is 1. The lowest BCUT2D eigenvalue weighted by atomic mass is 10.1. The first kappa shape index (κ1) is 14.6. The van der Waals surface area contributed by atoms with Crippen LogP contribution in [0.4, 0.5) is 10.2 Å². The molecular formula is C15H15BrFN3. The molecule has 0 amide bonds. The van der Waals surface area contributed by atoms with Gasteiger partial charge < -0.3 is 10.3 Å². The largest absolute Gasteiger partial charge is 0.383 e. The lowest BCUT2D eigenvalue weighted by molar-refractivity contribution is 0.627. The number of halogens is 2. The molecule has 0 spiro atoms. The second-order valence-electron chi connectivity index (χ2n) is 4.43. The topological polar surface area (TPSA) is 43.8 Å². The Labute approximate surface area is 126 Å². The molecule has 0 fully saturated rings. The summed E-state index contributed by atoms with van der Waals surface area (Å²) in [6, 6.07) is 4.45. The van der Waals surface area contributed by atoms with Crippen LogP contribution in [0.15, 0.2) is 22.7 Å². The number of nitrogen functional groups attached to an aromatic ring is 1. The Bertz CT molecular complexity index is 670. The van der Waals surface area contributed by atoms with Crippen molar-refractivity contribution < 1.29 is 4.39 Å². The average molecular weight is 336 g/mol. The molecule has 0 aliphatic carbocycles. The van der Waals surface area contributed by atoms with Gasteiger partial charge in [0, 0.05) is 16.5 Å². The van der Waals surface area contributed by atoms with Gasteiger partial charge in [-0.05, 0) is 40.5 Å². The van der Waals surface area contributed by atoms with Crippen LogP contribution in [0.25, 0.3) is 11.3 Å². The van der Waals surface area contributed by atoms with Gasteiger partial charge in [-0.25, -0.2) is 9.37 Å². The third kappa shape index (κ3) is 2.70. The summed E-state index contributed by atoms with van der Waals surface area (Å²) >= 11 is 3.34. The smallest absolute Gasteiger partial charge is 0.132 e. The van der Waals surface area contributed by atoms with E-state index in [4.69, 9.17) is 12.2 Å². The van der Waals surface area contributed by atoms with Crippen LogP contribution in [0.2, 0.25) is 0 Å². The maximum Gasteiger partial charge on any atom is 0.132 e. The molecule has 0 bridgehead atoms. The third-order valence-corrected chi connectivity index (χ3v) is 3.65. The minimum atomic E-state index is -0.309. The van der Waals surface area contributed by atoms with Gasteiger partial charge >= 0.3 is 0 Å². The highest BCUT2D eigenvalue weighted by atomic mass is 79.9. The zero-order chi connectivity index (χ0) is 14.7. The number of imidazole rings is 1. The molecule has 2 N–H and O–H groups in total. The van der Waals surface area contributed by atoms with Crippen molar-refractivity contribution in [3.63, 3.8) is 0 Å². The molecule has 20 heavy (non-hydrogen) atoms. The average Bonchev–Trinajstić information content (AvgIpc) is 2.69. The molecule has 1 aromatic carbocycles. The van der Waals surface area contributed by atoms with E-state index in [0.717, 1.165) is 24.2 Å². The zero-order valence-electron chi connectivity index (χ0n) is 11.2. The minimum absolute atomic E-state index is 0.309. The van der Waals surface area contributed by atoms with Crippen LogP contribution in [0.5, 0.6) is 0 Å². The minimum Gasteiger partial charge on any atom is -0.383 e. The summed E-state index contributed by atoms with van der Waals surface area (Å²) in [6.07, 6.45) is 7.12. The molecule has 5 heteroatoms. The maximum absolute atomic E-state index is 13.2. The molecule has 0 saturated heterocycles. The Morgan fingerprint density at radius 1 is 1.50 bits per heavy atom. The first-order valence-corrected chi connectivity index (χ1v) is 7.11. The molecule has 0 radical (unpaired) electrons. The fourth-order valence-corrected chi connectivity index (χ4v) is 2.61. The number of anilines is 1. The third-order valence-electron chi connectivity index (χ3n) is 3.00. The van der Waals surface area contributed by atoms with Crippen molar-refractivity contribution in [1.82, 2.24) is 9.55 Å². The summed E-state index contributed by atoms with van der Waals surface area (Å²) in [7, 11) is 0. The van der Waals surface area contributed by atoms with Crippen molar-refractivity contribution in [1.29, 1.82) is 0 Å². The van der Waals surface area contributed by atoms with Crippen LogP contribution in [-0.4, -0.2) is 9.55 Å². The Kier molecular flexibility index (Phi) is 4.46. The lowest BCUT2D eigenvalue weighted by Crippen LogP contribution is -2.06. The highest BCUT2D eigenvalue weighted by Gasteiger charge is 2.17. The van der Waals surface area contributed by atoms with E-state index in [1.807, 2.05) is 4.57 Å². The van der Waals surface area contributed by atoms with E-state index in [9.17, 15) is 4.39 Å². The highest BCUT2D eigenvalue weighted by molar-refractivity contribution is 9.10. The van der Waals surface area contributed by atoms with Gasteiger partial charge in [0.2, 0.25) is 0 Å². The number of hydrogen-bond acceptors (Lipinski definition) is 2. The summed E-state index contributed by atoms with van der Waals surface area (Å²) in [5.74, 6) is 3.64. The van der Waals surface area contributed by atoms with E-state index < -0.39 is 0 Å². The normalized spacial score (nSPS) is 10.5.